The lowest BCUT2D eigenvalue weighted by atomic mass is 9.81. The number of para-hydroxylation sites is 1. The van der Waals surface area contributed by atoms with Crippen molar-refractivity contribution in [1.82, 2.24) is 9.80 Å². The molecular formula is C18H23N3O3. The second-order valence-electron chi connectivity index (χ2n) is 6.69. The van der Waals surface area contributed by atoms with Crippen molar-refractivity contribution in [3.8, 4) is 0 Å². The minimum atomic E-state index is -0.738. The summed E-state index contributed by atoms with van der Waals surface area (Å²) in [5, 5.41) is 2.78. The van der Waals surface area contributed by atoms with E-state index >= 15 is 0 Å². The molecule has 1 heterocycles. The van der Waals surface area contributed by atoms with Gasteiger partial charge in [-0.2, -0.15) is 0 Å². The summed E-state index contributed by atoms with van der Waals surface area (Å²) < 4.78 is 0. The van der Waals surface area contributed by atoms with Gasteiger partial charge < -0.3 is 10.2 Å². The molecule has 1 aromatic carbocycles. The van der Waals surface area contributed by atoms with Crippen LogP contribution in [0.2, 0.25) is 0 Å². The van der Waals surface area contributed by atoms with Crippen molar-refractivity contribution in [2.45, 2.75) is 44.6 Å². The lowest BCUT2D eigenvalue weighted by Gasteiger charge is -2.35. The highest BCUT2D eigenvalue weighted by molar-refractivity contribution is 6.10. The number of imide groups is 1. The molecule has 0 unspecified atom stereocenters. The monoisotopic (exact) mass is 329 g/mol. The number of anilines is 1. The highest BCUT2D eigenvalue weighted by Gasteiger charge is 2.55. The van der Waals surface area contributed by atoms with Crippen molar-refractivity contribution in [1.29, 1.82) is 0 Å². The van der Waals surface area contributed by atoms with Gasteiger partial charge in [0, 0.05) is 12.7 Å². The predicted octanol–water partition coefficient (Wildman–Crippen LogP) is 2.53. The summed E-state index contributed by atoms with van der Waals surface area (Å²) in [6.07, 6.45) is 4.33. The van der Waals surface area contributed by atoms with Crippen LogP contribution in [0.3, 0.4) is 0 Å². The number of nitrogens with one attached hydrogen (secondary N) is 1. The molecule has 0 radical (unpaired) electrons. The van der Waals surface area contributed by atoms with Crippen LogP contribution >= 0.6 is 0 Å². The summed E-state index contributed by atoms with van der Waals surface area (Å²) in [7, 11) is 1.67. The average Bonchev–Trinajstić information content (AvgIpc) is 2.74. The van der Waals surface area contributed by atoms with Gasteiger partial charge in [0.15, 0.2) is 0 Å². The van der Waals surface area contributed by atoms with Crippen LogP contribution in [0.15, 0.2) is 24.3 Å². The van der Waals surface area contributed by atoms with E-state index in [1.807, 2.05) is 25.1 Å². The Morgan fingerprint density at radius 2 is 1.83 bits per heavy atom. The Labute approximate surface area is 141 Å². The van der Waals surface area contributed by atoms with Crippen LogP contribution in [-0.4, -0.2) is 46.8 Å². The van der Waals surface area contributed by atoms with Gasteiger partial charge in [0.25, 0.3) is 5.91 Å². The van der Waals surface area contributed by atoms with Gasteiger partial charge in [0.1, 0.15) is 12.1 Å². The van der Waals surface area contributed by atoms with E-state index < -0.39 is 5.54 Å². The maximum Gasteiger partial charge on any atom is 0.327 e. The smallest absolute Gasteiger partial charge is 0.324 e. The van der Waals surface area contributed by atoms with Crippen LogP contribution in [0.5, 0.6) is 0 Å². The fourth-order valence-corrected chi connectivity index (χ4v) is 3.72. The molecule has 2 fully saturated rings. The molecular weight excluding hydrogens is 306 g/mol. The molecule has 6 heteroatoms. The van der Waals surface area contributed by atoms with Crippen molar-refractivity contribution >= 4 is 23.5 Å². The minimum absolute atomic E-state index is 0.227. The Bertz CT molecular complexity index is 680. The highest BCUT2D eigenvalue weighted by atomic mass is 16.2. The third-order valence-corrected chi connectivity index (χ3v) is 5.20. The first-order valence-electron chi connectivity index (χ1n) is 8.41. The molecule has 1 aliphatic heterocycles. The molecule has 1 aliphatic carbocycles. The Hall–Kier alpha value is -2.37. The van der Waals surface area contributed by atoms with Crippen LogP contribution in [0, 0.1) is 6.92 Å². The Kier molecular flexibility index (Phi) is 4.30. The van der Waals surface area contributed by atoms with E-state index in [9.17, 15) is 14.4 Å². The number of benzene rings is 1. The summed E-state index contributed by atoms with van der Waals surface area (Å²) in [5.74, 6) is -0.582. The first kappa shape index (κ1) is 16.5. The SMILES string of the molecule is Cc1ccccc1NC(=O)CN1C(=O)N(C)C2(CCCCC2)C1=O. The van der Waals surface area contributed by atoms with Crippen molar-refractivity contribution < 1.29 is 14.4 Å². The fraction of sp³-hybridized carbons (Fsp3) is 0.500. The highest BCUT2D eigenvalue weighted by Crippen LogP contribution is 2.39. The fourth-order valence-electron chi connectivity index (χ4n) is 3.72. The normalized spacial score (nSPS) is 19.9. The zero-order valence-corrected chi connectivity index (χ0v) is 14.2. The second kappa shape index (κ2) is 6.26. The first-order valence-corrected chi connectivity index (χ1v) is 8.41. The number of urea groups is 1. The van der Waals surface area contributed by atoms with Gasteiger partial charge >= 0.3 is 6.03 Å². The van der Waals surface area contributed by atoms with E-state index in [1.54, 1.807) is 13.1 Å². The first-order chi connectivity index (χ1) is 11.5. The number of likely N-dealkylation sites (N-methyl/N-ethyl adjacent to an activating group) is 1. The van der Waals surface area contributed by atoms with Crippen LogP contribution < -0.4 is 5.32 Å². The molecule has 1 saturated heterocycles. The van der Waals surface area contributed by atoms with Gasteiger partial charge in [-0.25, -0.2) is 4.79 Å². The molecule has 0 atom stereocenters. The zero-order valence-electron chi connectivity index (χ0n) is 14.2. The zero-order chi connectivity index (χ0) is 17.3. The molecule has 1 saturated carbocycles. The maximum atomic E-state index is 12.8. The molecule has 4 amide bonds. The molecule has 1 spiro atoms. The molecule has 2 aliphatic rings. The Morgan fingerprint density at radius 3 is 2.50 bits per heavy atom. The summed E-state index contributed by atoms with van der Waals surface area (Å²) >= 11 is 0. The Morgan fingerprint density at radius 1 is 1.17 bits per heavy atom. The van der Waals surface area contributed by atoms with E-state index in [0.717, 1.165) is 29.7 Å². The number of carbonyl (C=O) groups is 3. The quantitative estimate of drug-likeness (QED) is 0.866. The minimum Gasteiger partial charge on any atom is -0.324 e. The largest absolute Gasteiger partial charge is 0.327 e. The number of rotatable bonds is 3. The van der Waals surface area contributed by atoms with Crippen LogP contribution in [-0.2, 0) is 9.59 Å². The van der Waals surface area contributed by atoms with Crippen molar-refractivity contribution in [2.75, 3.05) is 18.9 Å². The Balaban J connectivity index is 1.73. The van der Waals surface area contributed by atoms with Crippen molar-refractivity contribution in [3.05, 3.63) is 29.8 Å². The predicted molar refractivity (Wildman–Crippen MR) is 90.5 cm³/mol. The van der Waals surface area contributed by atoms with Gasteiger partial charge in [-0.15, -0.1) is 0 Å². The molecule has 3 rings (SSSR count). The molecule has 128 valence electrons. The summed E-state index contributed by atoms with van der Waals surface area (Å²) in [4.78, 5) is 40.3. The molecule has 1 aromatic rings. The number of hydrogen-bond donors (Lipinski definition) is 1. The van der Waals surface area contributed by atoms with Gasteiger partial charge in [-0.3, -0.25) is 14.5 Å². The van der Waals surface area contributed by atoms with Gasteiger partial charge in [-0.1, -0.05) is 37.5 Å². The van der Waals surface area contributed by atoms with E-state index in [4.69, 9.17) is 0 Å². The standard InChI is InChI=1S/C18H23N3O3/c1-13-8-4-5-9-14(13)19-15(22)12-21-16(23)18(20(2)17(21)24)10-6-3-7-11-18/h4-5,8-9H,3,6-7,10-12H2,1-2H3,(H,19,22). The number of nitrogens with zero attached hydrogens (tertiary/aromatic N) is 2. The summed E-state index contributed by atoms with van der Waals surface area (Å²) in [5.41, 5.74) is 0.895. The van der Waals surface area contributed by atoms with Crippen molar-refractivity contribution in [2.24, 2.45) is 0 Å². The van der Waals surface area contributed by atoms with Crippen molar-refractivity contribution in [3.63, 3.8) is 0 Å². The molecule has 0 bridgehead atoms. The average molecular weight is 329 g/mol. The van der Waals surface area contributed by atoms with Crippen LogP contribution in [0.4, 0.5) is 10.5 Å². The topological polar surface area (TPSA) is 69.7 Å². The van der Waals surface area contributed by atoms with Gasteiger partial charge in [0.2, 0.25) is 5.91 Å². The van der Waals surface area contributed by atoms with Crippen LogP contribution in [0.1, 0.15) is 37.7 Å². The molecule has 1 N–H and O–H groups in total. The number of carbonyl (C=O) groups excluding carboxylic acids is 3. The van der Waals surface area contributed by atoms with E-state index in [1.165, 1.54) is 4.90 Å². The van der Waals surface area contributed by atoms with E-state index in [-0.39, 0.29) is 24.4 Å². The molecule has 6 nitrogen and oxygen atoms in total. The third-order valence-electron chi connectivity index (χ3n) is 5.20. The summed E-state index contributed by atoms with van der Waals surface area (Å²) in [6, 6.07) is 7.05. The number of aryl methyl sites for hydroxylation is 1. The molecule has 0 aromatic heterocycles. The lowest BCUT2D eigenvalue weighted by Crippen LogP contribution is -2.49. The van der Waals surface area contributed by atoms with Crippen LogP contribution in [0.25, 0.3) is 0 Å². The van der Waals surface area contributed by atoms with E-state index in [0.29, 0.717) is 18.5 Å². The lowest BCUT2D eigenvalue weighted by molar-refractivity contribution is -0.136. The second-order valence-corrected chi connectivity index (χ2v) is 6.69. The van der Waals surface area contributed by atoms with E-state index in [2.05, 4.69) is 5.32 Å². The molecule has 24 heavy (non-hydrogen) atoms. The maximum absolute atomic E-state index is 12.8. The third kappa shape index (κ3) is 2.66. The number of amides is 4. The number of hydrogen-bond acceptors (Lipinski definition) is 3. The summed E-state index contributed by atoms with van der Waals surface area (Å²) in [6.45, 7) is 1.66. The van der Waals surface area contributed by atoms with Gasteiger partial charge in [-0.05, 0) is 31.4 Å². The van der Waals surface area contributed by atoms with Gasteiger partial charge in [0.05, 0.1) is 0 Å².